The van der Waals surface area contributed by atoms with E-state index in [0.717, 1.165) is 11.0 Å². The first-order valence-corrected chi connectivity index (χ1v) is 7.84. The molecule has 0 aromatic heterocycles. The van der Waals surface area contributed by atoms with Gasteiger partial charge in [0.1, 0.15) is 10.5 Å². The van der Waals surface area contributed by atoms with Crippen LogP contribution in [0, 0.1) is 0 Å². The van der Waals surface area contributed by atoms with Crippen LogP contribution in [0.2, 0.25) is 0 Å². The monoisotopic (exact) mass is 330 g/mol. The maximum atomic E-state index is 12.7. The number of hydrogen-bond acceptors (Lipinski definition) is 4. The third kappa shape index (κ3) is 2.67. The summed E-state index contributed by atoms with van der Waals surface area (Å²) in [5.74, 6) is -0.402. The van der Waals surface area contributed by atoms with Crippen molar-refractivity contribution >= 4 is 35.1 Å². The highest BCUT2D eigenvalue weighted by atomic mass is 35.5. The van der Waals surface area contributed by atoms with Gasteiger partial charge in [-0.05, 0) is 29.8 Å². The van der Waals surface area contributed by atoms with Gasteiger partial charge in [0.15, 0.2) is 5.78 Å². The summed E-state index contributed by atoms with van der Waals surface area (Å²) in [6.07, 6.45) is 1.07. The third-order valence-corrected chi connectivity index (χ3v) is 4.83. The molecule has 3 nitrogen and oxygen atoms in total. The number of carbonyl (C=O) groups excluding carboxylic acids is 2. The van der Waals surface area contributed by atoms with Crippen molar-refractivity contribution in [2.24, 2.45) is 0 Å². The number of fused-ring (bicyclic) bond motifs is 2. The van der Waals surface area contributed by atoms with Gasteiger partial charge >= 0.3 is 5.97 Å². The minimum atomic E-state index is -0.571. The van der Waals surface area contributed by atoms with E-state index < -0.39 is 5.97 Å². The summed E-state index contributed by atoms with van der Waals surface area (Å²) in [6.45, 7) is 3.35. The van der Waals surface area contributed by atoms with Crippen LogP contribution in [-0.4, -0.2) is 11.8 Å². The Morgan fingerprint density at radius 3 is 2.77 bits per heavy atom. The van der Waals surface area contributed by atoms with Crippen LogP contribution in [0.3, 0.4) is 0 Å². The van der Waals surface area contributed by atoms with E-state index in [9.17, 15) is 9.59 Å². The van der Waals surface area contributed by atoms with Gasteiger partial charge in [-0.1, -0.05) is 24.8 Å². The van der Waals surface area contributed by atoms with Gasteiger partial charge in [-0.25, -0.2) is 4.79 Å². The minimum absolute atomic E-state index is 0.127. The zero-order valence-electron chi connectivity index (χ0n) is 11.4. The number of esters is 1. The predicted molar refractivity (Wildman–Crippen MR) is 86.6 cm³/mol. The van der Waals surface area contributed by atoms with Gasteiger partial charge in [0.25, 0.3) is 0 Å². The van der Waals surface area contributed by atoms with Crippen molar-refractivity contribution < 1.29 is 14.3 Å². The van der Waals surface area contributed by atoms with E-state index in [1.54, 1.807) is 24.3 Å². The largest absolute Gasteiger partial charge is 0.423 e. The lowest BCUT2D eigenvalue weighted by atomic mass is 9.99. The highest BCUT2D eigenvalue weighted by Crippen LogP contribution is 2.45. The Morgan fingerprint density at radius 2 is 2.00 bits per heavy atom. The van der Waals surface area contributed by atoms with E-state index in [-0.39, 0.29) is 10.5 Å². The van der Waals surface area contributed by atoms with Gasteiger partial charge in [-0.15, -0.1) is 23.4 Å². The molecule has 0 fully saturated rings. The maximum absolute atomic E-state index is 12.7. The number of thioether (sulfide) groups is 1. The van der Waals surface area contributed by atoms with Crippen molar-refractivity contribution in [2.45, 2.75) is 9.60 Å². The Kier molecular flexibility index (Phi) is 4.05. The summed E-state index contributed by atoms with van der Waals surface area (Å²) >= 11 is 7.84. The molecule has 0 radical (unpaired) electrons. The van der Waals surface area contributed by atoms with Crippen molar-refractivity contribution in [1.29, 1.82) is 0 Å². The van der Waals surface area contributed by atoms with Crippen molar-refractivity contribution in [2.75, 3.05) is 0 Å². The predicted octanol–water partition coefficient (Wildman–Crippen LogP) is 4.35. The number of ketones is 1. The van der Waals surface area contributed by atoms with Gasteiger partial charge in [0, 0.05) is 22.1 Å². The molecule has 1 atom stereocenters. The molecule has 5 heteroatoms. The van der Waals surface area contributed by atoms with Gasteiger partial charge in [-0.3, -0.25) is 4.79 Å². The van der Waals surface area contributed by atoms with Crippen LogP contribution in [0.4, 0.5) is 0 Å². The number of rotatable bonds is 2. The molecule has 0 aliphatic carbocycles. The van der Waals surface area contributed by atoms with Crippen LogP contribution in [0.15, 0.2) is 60.0 Å². The number of carbonyl (C=O) groups is 2. The standard InChI is InChI=1S/C17H11ClO3S/c1-2-15(19)21-10-7-8-11-13(9-10)16(20)12-5-3-4-6-14(12)22-17(11)18/h2-9,17H,1H2. The molecular formula is C17H11ClO3S. The Labute approximate surface area is 136 Å². The van der Waals surface area contributed by atoms with Crippen molar-refractivity contribution in [3.8, 4) is 5.75 Å². The maximum Gasteiger partial charge on any atom is 0.335 e. The quantitative estimate of drug-likeness (QED) is 0.355. The summed E-state index contributed by atoms with van der Waals surface area (Å²) < 4.78 is 4.70. The number of alkyl halides is 1. The number of halogens is 1. The van der Waals surface area contributed by atoms with Crippen molar-refractivity contribution in [3.05, 3.63) is 71.8 Å². The van der Waals surface area contributed by atoms with E-state index in [0.29, 0.717) is 22.4 Å². The van der Waals surface area contributed by atoms with Crippen LogP contribution in [0.5, 0.6) is 5.75 Å². The highest BCUT2D eigenvalue weighted by molar-refractivity contribution is 8.00. The summed E-state index contributed by atoms with van der Waals surface area (Å²) in [7, 11) is 0. The molecule has 0 bridgehead atoms. The normalized spacial score (nSPS) is 16.2. The Bertz CT molecular complexity index is 785. The van der Waals surface area contributed by atoms with E-state index in [1.807, 2.05) is 18.2 Å². The molecule has 0 saturated carbocycles. The van der Waals surface area contributed by atoms with Crippen LogP contribution < -0.4 is 4.74 Å². The van der Waals surface area contributed by atoms with Crippen LogP contribution in [0.25, 0.3) is 0 Å². The molecule has 0 N–H and O–H groups in total. The minimum Gasteiger partial charge on any atom is -0.423 e. The second-order valence-electron chi connectivity index (χ2n) is 4.63. The molecule has 1 aliphatic heterocycles. The van der Waals surface area contributed by atoms with Crippen molar-refractivity contribution in [3.63, 3.8) is 0 Å². The molecule has 1 unspecified atom stereocenters. The highest BCUT2D eigenvalue weighted by Gasteiger charge is 2.27. The fraction of sp³-hybridized carbons (Fsp3) is 0.0588. The lowest BCUT2D eigenvalue weighted by molar-refractivity contribution is -0.128. The van der Waals surface area contributed by atoms with Gasteiger partial charge in [0.05, 0.1) is 0 Å². The van der Waals surface area contributed by atoms with Gasteiger partial charge in [-0.2, -0.15) is 0 Å². The molecule has 1 heterocycles. The summed E-state index contributed by atoms with van der Waals surface area (Å²) in [5.41, 5.74) is 1.77. The van der Waals surface area contributed by atoms with E-state index in [4.69, 9.17) is 16.3 Å². The zero-order valence-corrected chi connectivity index (χ0v) is 13.0. The lowest BCUT2D eigenvalue weighted by Crippen LogP contribution is -2.07. The van der Waals surface area contributed by atoms with E-state index in [2.05, 4.69) is 6.58 Å². The Balaban J connectivity index is 2.10. The smallest absolute Gasteiger partial charge is 0.335 e. The van der Waals surface area contributed by atoms with Crippen LogP contribution in [-0.2, 0) is 4.79 Å². The third-order valence-electron chi connectivity index (χ3n) is 3.26. The Morgan fingerprint density at radius 1 is 1.23 bits per heavy atom. The van der Waals surface area contributed by atoms with Crippen molar-refractivity contribution in [1.82, 2.24) is 0 Å². The molecule has 110 valence electrons. The summed E-state index contributed by atoms with van der Waals surface area (Å²) in [6, 6.07) is 12.2. The topological polar surface area (TPSA) is 43.4 Å². The molecule has 0 saturated heterocycles. The molecule has 22 heavy (non-hydrogen) atoms. The van der Waals surface area contributed by atoms with Crippen LogP contribution in [0.1, 0.15) is 26.2 Å². The molecule has 2 aromatic carbocycles. The number of hydrogen-bond donors (Lipinski definition) is 0. The average Bonchev–Trinajstić information content (AvgIpc) is 2.63. The fourth-order valence-corrected chi connectivity index (χ4v) is 3.71. The fourth-order valence-electron chi connectivity index (χ4n) is 2.23. The summed E-state index contributed by atoms with van der Waals surface area (Å²) in [4.78, 5) is 24.9. The first kappa shape index (κ1) is 14.9. The summed E-state index contributed by atoms with van der Waals surface area (Å²) in [5, 5.41) is 0. The second-order valence-corrected chi connectivity index (χ2v) is 6.48. The molecule has 3 rings (SSSR count). The number of benzene rings is 2. The molecule has 2 aromatic rings. The molecule has 0 amide bonds. The first-order chi connectivity index (χ1) is 10.6. The van der Waals surface area contributed by atoms with E-state index in [1.165, 1.54) is 11.8 Å². The van der Waals surface area contributed by atoms with Crippen LogP contribution >= 0.6 is 23.4 Å². The molecule has 0 spiro atoms. The average molecular weight is 331 g/mol. The zero-order chi connectivity index (χ0) is 15.7. The molecular weight excluding hydrogens is 320 g/mol. The SMILES string of the molecule is C=CC(=O)Oc1ccc2c(c1)C(=O)c1ccccc1SC2Cl. The van der Waals surface area contributed by atoms with Gasteiger partial charge in [0.2, 0.25) is 0 Å². The molecule has 1 aliphatic rings. The second kappa shape index (κ2) is 5.99. The van der Waals surface area contributed by atoms with Gasteiger partial charge < -0.3 is 4.74 Å². The number of ether oxygens (including phenoxy) is 1. The van der Waals surface area contributed by atoms with E-state index >= 15 is 0 Å². The lowest BCUT2D eigenvalue weighted by Gasteiger charge is -2.11. The Hall–Kier alpha value is -2.04. The first-order valence-electron chi connectivity index (χ1n) is 6.53.